The highest BCUT2D eigenvalue weighted by Gasteiger charge is 2.60. The number of hydrogen-bond acceptors (Lipinski definition) is 5. The van der Waals surface area contributed by atoms with Crippen molar-refractivity contribution in [1.29, 1.82) is 0 Å². The van der Waals surface area contributed by atoms with E-state index in [0.29, 0.717) is 51.0 Å². The van der Waals surface area contributed by atoms with E-state index in [0.717, 1.165) is 25.7 Å². The molecule has 5 rings (SSSR count). The fourth-order valence-electron chi connectivity index (χ4n) is 6.11. The van der Waals surface area contributed by atoms with E-state index in [9.17, 15) is 14.4 Å². The third-order valence-electron chi connectivity index (χ3n) is 6.91. The number of halogens is 1. The number of alkyl halides is 1. The molecule has 4 bridgehead atoms. The first-order chi connectivity index (χ1) is 13.3. The fourth-order valence-corrected chi connectivity index (χ4v) is 6.81. The summed E-state index contributed by atoms with van der Waals surface area (Å²) in [5.41, 5.74) is -0.491. The lowest BCUT2D eigenvalue weighted by Gasteiger charge is -2.58. The number of carbonyl (C=O) groups is 3. The van der Waals surface area contributed by atoms with Crippen molar-refractivity contribution in [3.05, 3.63) is 0 Å². The van der Waals surface area contributed by atoms with E-state index in [1.54, 1.807) is 16.7 Å². The highest BCUT2D eigenvalue weighted by atomic mass is 35.5. The van der Waals surface area contributed by atoms with Crippen LogP contribution >= 0.6 is 11.6 Å². The molecule has 7 nitrogen and oxygen atoms in total. The zero-order valence-electron chi connectivity index (χ0n) is 16.5. The number of amides is 2. The third-order valence-corrected chi connectivity index (χ3v) is 7.35. The normalized spacial score (nSPS) is 36.4. The zero-order valence-corrected chi connectivity index (χ0v) is 17.2. The maximum Gasteiger partial charge on any atom is 0.409 e. The molecule has 8 heteroatoms. The van der Waals surface area contributed by atoms with Crippen molar-refractivity contribution < 1.29 is 23.9 Å². The van der Waals surface area contributed by atoms with Crippen molar-refractivity contribution in [1.82, 2.24) is 9.80 Å². The number of ether oxygens (including phenoxy) is 2. The van der Waals surface area contributed by atoms with Crippen LogP contribution in [-0.4, -0.2) is 72.0 Å². The summed E-state index contributed by atoms with van der Waals surface area (Å²) in [4.78, 5) is 40.1. The van der Waals surface area contributed by atoms with E-state index in [2.05, 4.69) is 0 Å². The van der Waals surface area contributed by atoms with Gasteiger partial charge in [0.15, 0.2) is 6.61 Å². The summed E-state index contributed by atoms with van der Waals surface area (Å²) in [6, 6.07) is 0. The average molecular weight is 413 g/mol. The van der Waals surface area contributed by atoms with Crippen LogP contribution in [0.2, 0.25) is 0 Å². The van der Waals surface area contributed by atoms with Gasteiger partial charge in [0.25, 0.3) is 5.91 Å². The Labute approximate surface area is 170 Å². The standard InChI is InChI=1S/C20H29ClN2O5/c1-2-27-18(26)23-5-3-22(4-6-23)16(24)12-28-17(25)19-8-14-7-15(9-19)11-20(21,10-14)13-19/h14-15H,2-13H2,1H3. The molecule has 1 heterocycles. The molecule has 4 aliphatic carbocycles. The second-order valence-electron chi connectivity index (χ2n) is 9.04. The van der Waals surface area contributed by atoms with Gasteiger partial charge in [-0.15, -0.1) is 11.6 Å². The number of nitrogens with zero attached hydrogens (tertiary/aromatic N) is 2. The van der Waals surface area contributed by atoms with E-state index in [4.69, 9.17) is 21.1 Å². The number of hydrogen-bond donors (Lipinski definition) is 0. The number of carbonyl (C=O) groups excluding carboxylic acids is 3. The van der Waals surface area contributed by atoms with Crippen LogP contribution in [0.5, 0.6) is 0 Å². The molecule has 4 saturated carbocycles. The molecule has 2 atom stereocenters. The molecule has 1 aliphatic heterocycles. The van der Waals surface area contributed by atoms with Gasteiger partial charge >= 0.3 is 12.1 Å². The lowest BCUT2D eigenvalue weighted by molar-refractivity contribution is -0.173. The number of rotatable bonds is 4. The van der Waals surface area contributed by atoms with Crippen LogP contribution in [0.1, 0.15) is 45.4 Å². The Kier molecular flexibility index (Phi) is 5.23. The SMILES string of the molecule is CCOC(=O)N1CCN(C(=O)COC(=O)C23CC4CC(CC(Cl)(C4)C2)C3)CC1. The van der Waals surface area contributed by atoms with Gasteiger partial charge in [-0.25, -0.2) is 4.79 Å². The molecule has 1 saturated heterocycles. The van der Waals surface area contributed by atoms with Crippen molar-refractivity contribution in [3.8, 4) is 0 Å². The van der Waals surface area contributed by atoms with Gasteiger partial charge in [0.1, 0.15) is 0 Å². The van der Waals surface area contributed by atoms with Crippen molar-refractivity contribution in [2.75, 3.05) is 39.4 Å². The molecule has 0 N–H and O–H groups in total. The first-order valence-corrected chi connectivity index (χ1v) is 10.8. The summed E-state index contributed by atoms with van der Waals surface area (Å²) in [7, 11) is 0. The molecule has 156 valence electrons. The second-order valence-corrected chi connectivity index (χ2v) is 9.84. The molecule has 0 aromatic rings. The van der Waals surface area contributed by atoms with Crippen LogP contribution in [0, 0.1) is 17.3 Å². The summed E-state index contributed by atoms with van der Waals surface area (Å²) < 4.78 is 10.5. The maximum absolute atomic E-state index is 12.9. The monoisotopic (exact) mass is 412 g/mol. The summed E-state index contributed by atoms with van der Waals surface area (Å²) in [6.07, 6.45) is 5.21. The van der Waals surface area contributed by atoms with Crippen molar-refractivity contribution in [2.24, 2.45) is 17.3 Å². The topological polar surface area (TPSA) is 76.2 Å². The van der Waals surface area contributed by atoms with Gasteiger partial charge < -0.3 is 19.3 Å². The summed E-state index contributed by atoms with van der Waals surface area (Å²) >= 11 is 6.79. The maximum atomic E-state index is 12.9. The van der Waals surface area contributed by atoms with Gasteiger partial charge in [-0.3, -0.25) is 9.59 Å². The average Bonchev–Trinajstić information content (AvgIpc) is 2.64. The minimum Gasteiger partial charge on any atom is -0.455 e. The second kappa shape index (κ2) is 7.39. The molecule has 0 aromatic carbocycles. The molecule has 2 unspecified atom stereocenters. The molecular formula is C20H29ClN2O5. The van der Waals surface area contributed by atoms with Gasteiger partial charge in [0, 0.05) is 31.1 Å². The summed E-state index contributed by atoms with van der Waals surface area (Å²) in [5, 5.41) is 0. The predicted octanol–water partition coefficient (Wildman–Crippen LogP) is 2.41. The van der Waals surface area contributed by atoms with Gasteiger partial charge in [0.05, 0.1) is 12.0 Å². The van der Waals surface area contributed by atoms with E-state index in [1.165, 1.54) is 6.42 Å². The van der Waals surface area contributed by atoms with E-state index in [-0.39, 0.29) is 29.5 Å². The predicted molar refractivity (Wildman–Crippen MR) is 102 cm³/mol. The first-order valence-electron chi connectivity index (χ1n) is 10.4. The molecule has 28 heavy (non-hydrogen) atoms. The van der Waals surface area contributed by atoms with Crippen molar-refractivity contribution in [3.63, 3.8) is 0 Å². The number of piperazine rings is 1. The van der Waals surface area contributed by atoms with Gasteiger partial charge in [-0.2, -0.15) is 0 Å². The molecular weight excluding hydrogens is 384 g/mol. The van der Waals surface area contributed by atoms with Crippen LogP contribution < -0.4 is 0 Å². The third kappa shape index (κ3) is 3.70. The van der Waals surface area contributed by atoms with Crippen LogP contribution in [0.25, 0.3) is 0 Å². The molecule has 0 spiro atoms. The summed E-state index contributed by atoms with van der Waals surface area (Å²) in [6.45, 7) is 3.58. The largest absolute Gasteiger partial charge is 0.455 e. The van der Waals surface area contributed by atoms with E-state index in [1.807, 2.05) is 0 Å². The van der Waals surface area contributed by atoms with E-state index >= 15 is 0 Å². The highest BCUT2D eigenvalue weighted by molar-refractivity contribution is 6.24. The Bertz CT molecular complexity index is 647. The molecule has 0 aromatic heterocycles. The highest BCUT2D eigenvalue weighted by Crippen LogP contribution is 2.64. The van der Waals surface area contributed by atoms with Crippen molar-refractivity contribution >= 4 is 29.6 Å². The Morgan fingerprint density at radius 3 is 2.14 bits per heavy atom. The van der Waals surface area contributed by atoms with Crippen LogP contribution in [0.4, 0.5) is 4.79 Å². The molecule has 2 amide bonds. The van der Waals surface area contributed by atoms with Crippen LogP contribution in [0.15, 0.2) is 0 Å². The zero-order chi connectivity index (χ0) is 19.9. The van der Waals surface area contributed by atoms with Crippen LogP contribution in [-0.2, 0) is 19.1 Å². The summed E-state index contributed by atoms with van der Waals surface area (Å²) in [5.74, 6) is 0.572. The lowest BCUT2D eigenvalue weighted by atomic mass is 9.49. The van der Waals surface area contributed by atoms with Crippen molar-refractivity contribution in [2.45, 2.75) is 50.3 Å². The smallest absolute Gasteiger partial charge is 0.409 e. The van der Waals surface area contributed by atoms with Gasteiger partial charge in [-0.05, 0) is 57.3 Å². The van der Waals surface area contributed by atoms with Gasteiger partial charge in [0.2, 0.25) is 0 Å². The Morgan fingerprint density at radius 2 is 1.57 bits per heavy atom. The number of esters is 1. The first kappa shape index (κ1) is 19.8. The Balaban J connectivity index is 1.28. The lowest BCUT2D eigenvalue weighted by Crippen LogP contribution is -2.56. The molecule has 0 radical (unpaired) electrons. The minimum absolute atomic E-state index is 0.206. The molecule has 5 aliphatic rings. The Hall–Kier alpha value is -1.50. The minimum atomic E-state index is -0.491. The Morgan fingerprint density at radius 1 is 0.964 bits per heavy atom. The van der Waals surface area contributed by atoms with Crippen LogP contribution in [0.3, 0.4) is 0 Å². The quantitative estimate of drug-likeness (QED) is 0.523. The van der Waals surface area contributed by atoms with Gasteiger partial charge in [-0.1, -0.05) is 0 Å². The molecule has 5 fully saturated rings. The fraction of sp³-hybridized carbons (Fsp3) is 0.850. The van der Waals surface area contributed by atoms with E-state index < -0.39 is 5.41 Å².